The molecule has 0 amide bonds. The van der Waals surface area contributed by atoms with Crippen molar-refractivity contribution < 1.29 is 17.9 Å². The van der Waals surface area contributed by atoms with E-state index in [1.165, 1.54) is 6.07 Å². The van der Waals surface area contributed by atoms with Gasteiger partial charge >= 0.3 is 5.97 Å². The molecule has 0 spiro atoms. The molecule has 1 rings (SSSR count). The maximum atomic E-state index is 12.1. The van der Waals surface area contributed by atoms with Crippen LogP contribution in [0.25, 0.3) is 0 Å². The fourth-order valence-corrected chi connectivity index (χ4v) is 3.31. The second kappa shape index (κ2) is 7.05. The molecule has 0 fully saturated rings. The number of esters is 1. The van der Waals surface area contributed by atoms with Gasteiger partial charge in [0.15, 0.2) is 0 Å². The highest BCUT2D eigenvalue weighted by Gasteiger charge is 2.18. The number of ether oxygens (including phenoxy) is 1. The first kappa shape index (κ1) is 16.9. The van der Waals surface area contributed by atoms with Gasteiger partial charge in [-0.3, -0.25) is 4.79 Å². The number of nitrogen functional groups attached to an aromatic ring is 1. The van der Waals surface area contributed by atoms with E-state index in [2.05, 4.69) is 20.7 Å². The summed E-state index contributed by atoms with van der Waals surface area (Å²) in [5.74, 6) is -0.442. The Kier molecular flexibility index (Phi) is 5.97. The summed E-state index contributed by atoms with van der Waals surface area (Å²) in [4.78, 5) is 11.2. The average Bonchev–Trinajstić information content (AvgIpc) is 2.33. The van der Waals surface area contributed by atoms with Gasteiger partial charge in [-0.15, -0.1) is 0 Å². The topological polar surface area (TPSA) is 98.5 Å². The predicted molar refractivity (Wildman–Crippen MR) is 79.7 cm³/mol. The molecule has 0 saturated heterocycles. The second-order valence-electron chi connectivity index (χ2n) is 4.09. The molecule has 0 unspecified atom stereocenters. The zero-order chi connectivity index (χ0) is 15.3. The van der Waals surface area contributed by atoms with E-state index in [1.54, 1.807) is 19.9 Å². The summed E-state index contributed by atoms with van der Waals surface area (Å²) in [6, 6.07) is 3.02. The maximum Gasteiger partial charge on any atom is 0.307 e. The summed E-state index contributed by atoms with van der Waals surface area (Å²) < 4.78 is 32.0. The molecule has 0 saturated carbocycles. The standard InChI is InChI=1S/C12H17BrN2O4S/c1-3-19-12(16)4-5-15-20(17,18)11-7-10(14)9(13)6-8(11)2/h6-7,15H,3-5,14H2,1-2H3. The number of sulfonamides is 1. The van der Waals surface area contributed by atoms with E-state index in [0.717, 1.165) is 0 Å². The molecule has 1 aromatic carbocycles. The number of hydrogen-bond acceptors (Lipinski definition) is 5. The van der Waals surface area contributed by atoms with Crippen molar-refractivity contribution in [1.29, 1.82) is 0 Å². The van der Waals surface area contributed by atoms with E-state index in [0.29, 0.717) is 15.7 Å². The van der Waals surface area contributed by atoms with Gasteiger partial charge < -0.3 is 10.5 Å². The van der Waals surface area contributed by atoms with Crippen LogP contribution in [-0.4, -0.2) is 27.5 Å². The van der Waals surface area contributed by atoms with Crippen molar-refractivity contribution >= 4 is 37.6 Å². The summed E-state index contributed by atoms with van der Waals surface area (Å²) in [5, 5.41) is 0. The smallest absolute Gasteiger partial charge is 0.307 e. The van der Waals surface area contributed by atoms with Gasteiger partial charge in [-0.05, 0) is 47.5 Å². The van der Waals surface area contributed by atoms with E-state index in [4.69, 9.17) is 10.5 Å². The fourth-order valence-electron chi connectivity index (χ4n) is 1.56. The van der Waals surface area contributed by atoms with E-state index in [-0.39, 0.29) is 24.5 Å². The van der Waals surface area contributed by atoms with Crippen molar-refractivity contribution in [2.45, 2.75) is 25.2 Å². The Labute approximate surface area is 126 Å². The van der Waals surface area contributed by atoms with Crippen molar-refractivity contribution in [3.8, 4) is 0 Å². The van der Waals surface area contributed by atoms with Crippen molar-refractivity contribution in [2.75, 3.05) is 18.9 Å². The summed E-state index contributed by atoms with van der Waals surface area (Å²) in [7, 11) is -3.70. The molecule has 0 aliphatic rings. The van der Waals surface area contributed by atoms with Crippen LogP contribution in [0.15, 0.2) is 21.5 Å². The Balaban J connectivity index is 2.79. The third kappa shape index (κ3) is 4.46. The maximum absolute atomic E-state index is 12.1. The zero-order valence-electron chi connectivity index (χ0n) is 11.3. The van der Waals surface area contributed by atoms with Gasteiger partial charge in [0.2, 0.25) is 10.0 Å². The number of carbonyl (C=O) groups excluding carboxylic acids is 1. The lowest BCUT2D eigenvalue weighted by atomic mass is 10.2. The minimum Gasteiger partial charge on any atom is -0.466 e. The highest BCUT2D eigenvalue weighted by atomic mass is 79.9. The second-order valence-corrected chi connectivity index (χ2v) is 6.68. The first-order chi connectivity index (χ1) is 9.27. The van der Waals surface area contributed by atoms with Gasteiger partial charge in [0.25, 0.3) is 0 Å². The third-order valence-electron chi connectivity index (χ3n) is 2.51. The van der Waals surface area contributed by atoms with Crippen molar-refractivity contribution in [2.24, 2.45) is 0 Å². The molecule has 112 valence electrons. The number of benzene rings is 1. The number of rotatable bonds is 6. The van der Waals surface area contributed by atoms with Crippen LogP contribution >= 0.6 is 15.9 Å². The van der Waals surface area contributed by atoms with Gasteiger partial charge in [-0.2, -0.15) is 0 Å². The molecular weight excluding hydrogens is 348 g/mol. The molecule has 0 heterocycles. The molecule has 0 aliphatic heterocycles. The number of nitrogens with two attached hydrogens (primary N) is 1. The van der Waals surface area contributed by atoms with E-state index >= 15 is 0 Å². The summed E-state index contributed by atoms with van der Waals surface area (Å²) in [6.07, 6.45) is -0.0157. The number of hydrogen-bond donors (Lipinski definition) is 2. The Hall–Kier alpha value is -1.12. The molecule has 6 nitrogen and oxygen atoms in total. The van der Waals surface area contributed by atoms with Gasteiger partial charge in [-0.1, -0.05) is 0 Å². The van der Waals surface area contributed by atoms with Crippen LogP contribution in [-0.2, 0) is 19.6 Å². The Morgan fingerprint density at radius 2 is 2.10 bits per heavy atom. The lowest BCUT2D eigenvalue weighted by Crippen LogP contribution is -2.27. The quantitative estimate of drug-likeness (QED) is 0.589. The normalized spacial score (nSPS) is 11.3. The first-order valence-electron chi connectivity index (χ1n) is 5.99. The predicted octanol–water partition coefficient (Wildman–Crippen LogP) is 1.57. The average molecular weight is 365 g/mol. The number of carbonyl (C=O) groups is 1. The van der Waals surface area contributed by atoms with E-state index in [9.17, 15) is 13.2 Å². The van der Waals surface area contributed by atoms with Crippen LogP contribution in [0.3, 0.4) is 0 Å². The molecule has 0 radical (unpaired) electrons. The molecule has 0 atom stereocenters. The number of nitrogens with one attached hydrogen (secondary N) is 1. The van der Waals surface area contributed by atoms with Crippen LogP contribution in [0, 0.1) is 6.92 Å². The van der Waals surface area contributed by atoms with Crippen LogP contribution < -0.4 is 10.5 Å². The largest absolute Gasteiger partial charge is 0.466 e. The summed E-state index contributed by atoms with van der Waals surface area (Å²) >= 11 is 3.23. The number of aryl methyl sites for hydroxylation is 1. The minimum absolute atomic E-state index is 0.0157. The van der Waals surface area contributed by atoms with Crippen LogP contribution in [0.2, 0.25) is 0 Å². The summed E-state index contributed by atoms with van der Waals surface area (Å²) in [6.45, 7) is 3.62. The Morgan fingerprint density at radius 1 is 1.45 bits per heavy atom. The van der Waals surface area contributed by atoms with E-state index in [1.807, 2.05) is 0 Å². The van der Waals surface area contributed by atoms with E-state index < -0.39 is 16.0 Å². The van der Waals surface area contributed by atoms with Crippen LogP contribution in [0.1, 0.15) is 18.9 Å². The molecule has 8 heteroatoms. The number of halogens is 1. The number of anilines is 1. The van der Waals surface area contributed by atoms with Crippen LogP contribution in [0.4, 0.5) is 5.69 Å². The molecule has 20 heavy (non-hydrogen) atoms. The van der Waals surface area contributed by atoms with Gasteiger partial charge in [0.1, 0.15) is 0 Å². The zero-order valence-corrected chi connectivity index (χ0v) is 13.7. The first-order valence-corrected chi connectivity index (χ1v) is 8.26. The summed E-state index contributed by atoms with van der Waals surface area (Å²) in [5.41, 5.74) is 6.59. The van der Waals surface area contributed by atoms with Gasteiger partial charge in [0, 0.05) is 16.7 Å². The molecule has 3 N–H and O–H groups in total. The molecule has 0 bridgehead atoms. The minimum atomic E-state index is -3.70. The highest BCUT2D eigenvalue weighted by molar-refractivity contribution is 9.10. The van der Waals surface area contributed by atoms with Crippen LogP contribution in [0.5, 0.6) is 0 Å². The third-order valence-corrected chi connectivity index (χ3v) is 4.80. The molecule has 0 aliphatic carbocycles. The van der Waals surface area contributed by atoms with Crippen molar-refractivity contribution in [3.63, 3.8) is 0 Å². The van der Waals surface area contributed by atoms with Gasteiger partial charge in [-0.25, -0.2) is 13.1 Å². The lowest BCUT2D eigenvalue weighted by molar-refractivity contribution is -0.142. The highest BCUT2D eigenvalue weighted by Crippen LogP contribution is 2.26. The SMILES string of the molecule is CCOC(=O)CCNS(=O)(=O)c1cc(N)c(Br)cc1C. The van der Waals surface area contributed by atoms with Crippen molar-refractivity contribution in [3.05, 3.63) is 22.2 Å². The van der Waals surface area contributed by atoms with Gasteiger partial charge in [0.05, 0.1) is 17.9 Å². The molecular formula is C12H17BrN2O4S. The molecule has 0 aromatic heterocycles. The Morgan fingerprint density at radius 3 is 2.70 bits per heavy atom. The monoisotopic (exact) mass is 364 g/mol. The lowest BCUT2D eigenvalue weighted by Gasteiger charge is -2.11. The van der Waals surface area contributed by atoms with Crippen molar-refractivity contribution in [1.82, 2.24) is 4.72 Å². The fraction of sp³-hybridized carbons (Fsp3) is 0.417. The molecule has 1 aromatic rings. The Bertz CT molecular complexity index is 602.